The van der Waals surface area contributed by atoms with Gasteiger partial charge in [0.05, 0.1) is 12.3 Å². The van der Waals surface area contributed by atoms with Crippen molar-refractivity contribution >= 4 is 57.3 Å². The molecule has 45 heavy (non-hydrogen) atoms. The fourth-order valence-electron chi connectivity index (χ4n) is 5.73. The van der Waals surface area contributed by atoms with E-state index in [9.17, 15) is 24.6 Å². The van der Waals surface area contributed by atoms with E-state index in [1.54, 1.807) is 4.90 Å². The molecule has 4 aromatic carbocycles. The first-order valence-electron chi connectivity index (χ1n) is 14.8. The van der Waals surface area contributed by atoms with Crippen LogP contribution in [0.3, 0.4) is 0 Å². The number of benzene rings is 4. The van der Waals surface area contributed by atoms with Crippen LogP contribution in [0.1, 0.15) is 49.0 Å². The number of nitrogens with zero attached hydrogens (tertiary/aromatic N) is 1. The number of aliphatic carboxylic acids is 2. The summed E-state index contributed by atoms with van der Waals surface area (Å²) in [6.45, 7) is 2.17. The Kier molecular flexibility index (Phi) is 10.0. The second-order valence-corrected chi connectivity index (χ2v) is 11.7. The second kappa shape index (κ2) is 14.3. The predicted octanol–water partition coefficient (Wildman–Crippen LogP) is 8.41. The van der Waals surface area contributed by atoms with Gasteiger partial charge < -0.3 is 19.5 Å². The molecule has 0 radical (unpaired) electrons. The van der Waals surface area contributed by atoms with Gasteiger partial charge in [-0.2, -0.15) is 0 Å². The SMILES string of the molecule is CC(C(C/C=C\c1cc2ccccc2o1)c1ccc(Cl)cc1)N(Cc1ccc2ccccc2c1)C(=O)CC(CC(=O)O)C(=O)O. The van der Waals surface area contributed by atoms with Crippen molar-refractivity contribution in [1.29, 1.82) is 0 Å². The van der Waals surface area contributed by atoms with Gasteiger partial charge in [0, 0.05) is 35.3 Å². The van der Waals surface area contributed by atoms with Crippen molar-refractivity contribution in [2.45, 2.75) is 44.7 Å². The lowest BCUT2D eigenvalue weighted by Crippen LogP contribution is -2.43. The lowest BCUT2D eigenvalue weighted by atomic mass is 9.87. The molecule has 5 aromatic rings. The number of amides is 1. The molecule has 8 heteroatoms. The monoisotopic (exact) mass is 623 g/mol. The van der Waals surface area contributed by atoms with Crippen LogP contribution in [-0.2, 0) is 20.9 Å². The van der Waals surface area contributed by atoms with Crippen LogP contribution in [0.25, 0.3) is 27.8 Å². The van der Waals surface area contributed by atoms with Gasteiger partial charge in [-0.15, -0.1) is 0 Å². The van der Waals surface area contributed by atoms with E-state index in [-0.39, 0.29) is 12.5 Å². The maximum atomic E-state index is 13.9. The Morgan fingerprint density at radius 2 is 1.53 bits per heavy atom. The predicted molar refractivity (Wildman–Crippen MR) is 176 cm³/mol. The number of carbonyl (C=O) groups is 3. The normalized spacial score (nSPS) is 13.6. The summed E-state index contributed by atoms with van der Waals surface area (Å²) in [5, 5.41) is 22.7. The number of fused-ring (bicyclic) bond motifs is 2. The highest BCUT2D eigenvalue weighted by Crippen LogP contribution is 2.32. The molecule has 5 rings (SSSR count). The minimum atomic E-state index is -1.34. The van der Waals surface area contributed by atoms with E-state index < -0.39 is 42.6 Å². The van der Waals surface area contributed by atoms with Gasteiger partial charge in [-0.3, -0.25) is 14.4 Å². The molecule has 0 aliphatic rings. The highest BCUT2D eigenvalue weighted by molar-refractivity contribution is 6.30. The van der Waals surface area contributed by atoms with Gasteiger partial charge in [0.1, 0.15) is 11.3 Å². The van der Waals surface area contributed by atoms with Gasteiger partial charge in [0.15, 0.2) is 0 Å². The smallest absolute Gasteiger partial charge is 0.307 e. The van der Waals surface area contributed by atoms with Crippen molar-refractivity contribution in [3.63, 3.8) is 0 Å². The molecule has 0 aliphatic carbocycles. The molecule has 2 N–H and O–H groups in total. The van der Waals surface area contributed by atoms with E-state index in [1.807, 2.05) is 116 Å². The fraction of sp³-hybridized carbons (Fsp3) is 0.216. The van der Waals surface area contributed by atoms with Crippen LogP contribution in [0.5, 0.6) is 0 Å². The number of hydrogen-bond acceptors (Lipinski definition) is 4. The fourth-order valence-corrected chi connectivity index (χ4v) is 5.86. The third-order valence-electron chi connectivity index (χ3n) is 8.17. The van der Waals surface area contributed by atoms with E-state index in [0.717, 1.165) is 32.9 Å². The number of para-hydroxylation sites is 1. The van der Waals surface area contributed by atoms with Crippen LogP contribution >= 0.6 is 11.6 Å². The Morgan fingerprint density at radius 1 is 0.844 bits per heavy atom. The van der Waals surface area contributed by atoms with E-state index in [1.165, 1.54) is 0 Å². The molecule has 1 amide bonds. The Labute approximate surface area is 266 Å². The summed E-state index contributed by atoms with van der Waals surface area (Å²) in [4.78, 5) is 39.0. The molecule has 3 atom stereocenters. The zero-order chi connectivity index (χ0) is 31.9. The third-order valence-corrected chi connectivity index (χ3v) is 8.42. The van der Waals surface area contributed by atoms with Crippen LogP contribution in [0, 0.1) is 5.92 Å². The highest BCUT2D eigenvalue weighted by Gasteiger charge is 2.32. The Morgan fingerprint density at radius 3 is 2.22 bits per heavy atom. The van der Waals surface area contributed by atoms with Gasteiger partial charge in [0.2, 0.25) is 5.91 Å². The first-order chi connectivity index (χ1) is 21.7. The van der Waals surface area contributed by atoms with Crippen LogP contribution in [-0.4, -0.2) is 39.0 Å². The molecular weight excluding hydrogens is 590 g/mol. The number of hydrogen-bond donors (Lipinski definition) is 2. The summed E-state index contributed by atoms with van der Waals surface area (Å²) in [6, 6.07) is 30.7. The van der Waals surface area contributed by atoms with Crippen LogP contribution in [0.15, 0.2) is 108 Å². The van der Waals surface area contributed by atoms with Crippen molar-refractivity contribution in [1.82, 2.24) is 4.90 Å². The number of carboxylic acid groups (broad SMARTS) is 2. The van der Waals surface area contributed by atoms with Crippen molar-refractivity contribution in [3.8, 4) is 0 Å². The Bertz CT molecular complexity index is 1810. The zero-order valence-corrected chi connectivity index (χ0v) is 25.6. The average molecular weight is 624 g/mol. The molecule has 230 valence electrons. The summed E-state index contributed by atoms with van der Waals surface area (Å²) in [5.74, 6) is -3.84. The standard InChI is InChI=1S/C37H34ClNO6/c1-24(33(27-15-17-31(38)18-16-27)11-6-10-32-20-29-9-4-5-12-34(29)45-32)39(35(40)21-30(37(43)44)22-36(41)42)23-25-13-14-26-7-2-3-8-28(26)19-25/h2-10,12-20,24,30,33H,11,21-23H2,1H3,(H,41,42)(H,43,44)/b10-6-. The molecule has 7 nitrogen and oxygen atoms in total. The molecular formula is C37H34ClNO6. The van der Waals surface area contributed by atoms with Crippen molar-refractivity contribution < 1.29 is 29.0 Å². The van der Waals surface area contributed by atoms with Crippen molar-refractivity contribution in [2.24, 2.45) is 5.92 Å². The van der Waals surface area contributed by atoms with Crippen molar-refractivity contribution in [3.05, 3.63) is 125 Å². The number of allylic oxidation sites excluding steroid dienone is 1. The zero-order valence-electron chi connectivity index (χ0n) is 24.8. The van der Waals surface area contributed by atoms with E-state index >= 15 is 0 Å². The number of furan rings is 1. The molecule has 0 spiro atoms. The number of carbonyl (C=O) groups excluding carboxylic acids is 1. The van der Waals surface area contributed by atoms with E-state index in [2.05, 4.69) is 0 Å². The molecule has 3 unspecified atom stereocenters. The Balaban J connectivity index is 1.48. The van der Waals surface area contributed by atoms with Gasteiger partial charge in [-0.05, 0) is 71.7 Å². The first-order valence-corrected chi connectivity index (χ1v) is 15.2. The van der Waals surface area contributed by atoms with Crippen LogP contribution in [0.4, 0.5) is 0 Å². The molecule has 1 aromatic heterocycles. The maximum absolute atomic E-state index is 13.9. The third kappa shape index (κ3) is 7.99. The molecule has 1 heterocycles. The lowest BCUT2D eigenvalue weighted by Gasteiger charge is -2.36. The van der Waals surface area contributed by atoms with Crippen molar-refractivity contribution in [2.75, 3.05) is 0 Å². The van der Waals surface area contributed by atoms with Gasteiger partial charge in [0.25, 0.3) is 0 Å². The largest absolute Gasteiger partial charge is 0.481 e. The highest BCUT2D eigenvalue weighted by atomic mass is 35.5. The lowest BCUT2D eigenvalue weighted by molar-refractivity contribution is -0.151. The molecule has 0 saturated heterocycles. The summed E-state index contributed by atoms with van der Waals surface area (Å²) < 4.78 is 5.96. The Hall–Kier alpha value is -4.88. The van der Waals surface area contributed by atoms with Gasteiger partial charge in [-0.1, -0.05) is 84.4 Å². The first kappa shape index (κ1) is 31.5. The van der Waals surface area contributed by atoms with Gasteiger partial charge >= 0.3 is 11.9 Å². The second-order valence-electron chi connectivity index (χ2n) is 11.3. The topological polar surface area (TPSA) is 108 Å². The average Bonchev–Trinajstić information content (AvgIpc) is 3.44. The van der Waals surface area contributed by atoms with Crippen LogP contribution < -0.4 is 0 Å². The molecule has 0 bridgehead atoms. The van der Waals surface area contributed by atoms with Crippen LogP contribution in [0.2, 0.25) is 5.02 Å². The van der Waals surface area contributed by atoms with Gasteiger partial charge in [-0.25, -0.2) is 0 Å². The summed E-state index contributed by atoms with van der Waals surface area (Å²) in [5.41, 5.74) is 2.63. The molecule has 0 aliphatic heterocycles. The van der Waals surface area contributed by atoms with E-state index in [4.69, 9.17) is 16.0 Å². The quantitative estimate of drug-likeness (QED) is 0.136. The minimum Gasteiger partial charge on any atom is -0.481 e. The summed E-state index contributed by atoms with van der Waals surface area (Å²) in [7, 11) is 0. The minimum absolute atomic E-state index is 0.199. The molecule has 0 saturated carbocycles. The number of rotatable bonds is 13. The summed E-state index contributed by atoms with van der Waals surface area (Å²) >= 11 is 6.22. The number of halogens is 1. The number of carboxylic acids is 2. The maximum Gasteiger partial charge on any atom is 0.307 e. The molecule has 0 fully saturated rings. The van der Waals surface area contributed by atoms with E-state index in [0.29, 0.717) is 17.2 Å². The summed E-state index contributed by atoms with van der Waals surface area (Å²) in [6.07, 6.45) is 3.40.